The normalized spacial score (nSPS) is 10.5. The van der Waals surface area contributed by atoms with Gasteiger partial charge in [0.1, 0.15) is 0 Å². The van der Waals surface area contributed by atoms with Gasteiger partial charge >= 0.3 is 0 Å². The standard InChI is InChI=1S/C14H8ClN3O4S/c15-9-6-8(18(20)21)3-4-10(9)16-14(19)11-7-12(22-17-11)13-2-1-5-23-13/h1-7H,(H,16,19). The molecule has 3 rings (SSSR count). The predicted octanol–water partition coefficient (Wildman–Crippen LogP) is 4.22. The number of hydrogen-bond acceptors (Lipinski definition) is 6. The van der Waals surface area contributed by atoms with Crippen molar-refractivity contribution in [2.45, 2.75) is 0 Å². The molecule has 0 bridgehead atoms. The summed E-state index contributed by atoms with van der Waals surface area (Å²) in [6.45, 7) is 0. The summed E-state index contributed by atoms with van der Waals surface area (Å²) < 4.78 is 5.13. The molecule has 3 aromatic rings. The molecule has 9 heteroatoms. The number of anilines is 1. The Labute approximate surface area is 138 Å². The molecule has 2 aromatic heterocycles. The van der Waals surface area contributed by atoms with Gasteiger partial charge in [-0.1, -0.05) is 22.8 Å². The SMILES string of the molecule is O=C(Nc1ccc([N+](=O)[O-])cc1Cl)c1cc(-c2cccs2)on1. The van der Waals surface area contributed by atoms with Gasteiger partial charge in [0.2, 0.25) is 0 Å². The molecule has 23 heavy (non-hydrogen) atoms. The van der Waals surface area contributed by atoms with Gasteiger partial charge in [-0.3, -0.25) is 14.9 Å². The molecule has 0 atom stereocenters. The van der Waals surface area contributed by atoms with Crippen LogP contribution in [0, 0.1) is 10.1 Å². The first-order valence-corrected chi connectivity index (χ1v) is 7.56. The van der Waals surface area contributed by atoms with E-state index in [2.05, 4.69) is 10.5 Å². The molecular weight excluding hydrogens is 342 g/mol. The van der Waals surface area contributed by atoms with Crippen LogP contribution in [-0.2, 0) is 0 Å². The average Bonchev–Trinajstić information content (AvgIpc) is 3.19. The Morgan fingerprint density at radius 3 is 2.83 bits per heavy atom. The molecular formula is C14H8ClN3O4S. The molecule has 0 unspecified atom stereocenters. The van der Waals surface area contributed by atoms with Gasteiger partial charge < -0.3 is 9.84 Å². The number of aromatic nitrogens is 1. The summed E-state index contributed by atoms with van der Waals surface area (Å²) in [4.78, 5) is 23.1. The van der Waals surface area contributed by atoms with E-state index < -0.39 is 10.8 Å². The first-order valence-electron chi connectivity index (χ1n) is 6.30. The number of rotatable bonds is 4. The second-order valence-electron chi connectivity index (χ2n) is 4.43. The van der Waals surface area contributed by atoms with Crippen LogP contribution in [-0.4, -0.2) is 16.0 Å². The summed E-state index contributed by atoms with van der Waals surface area (Å²) in [6, 6.07) is 9.00. The molecule has 1 aromatic carbocycles. The van der Waals surface area contributed by atoms with E-state index in [1.54, 1.807) is 0 Å². The van der Waals surface area contributed by atoms with E-state index in [0.29, 0.717) is 5.76 Å². The predicted molar refractivity (Wildman–Crippen MR) is 85.9 cm³/mol. The Balaban J connectivity index is 1.78. The van der Waals surface area contributed by atoms with Gasteiger partial charge in [0.05, 0.1) is 20.5 Å². The Bertz CT molecular complexity index is 876. The number of nitro benzene ring substituents is 1. The van der Waals surface area contributed by atoms with Crippen LogP contribution < -0.4 is 5.32 Å². The maximum Gasteiger partial charge on any atom is 0.277 e. The van der Waals surface area contributed by atoms with Crippen LogP contribution in [0.2, 0.25) is 5.02 Å². The van der Waals surface area contributed by atoms with Crippen LogP contribution in [0.4, 0.5) is 11.4 Å². The summed E-state index contributed by atoms with van der Waals surface area (Å²) in [6.07, 6.45) is 0. The molecule has 7 nitrogen and oxygen atoms in total. The molecule has 1 N–H and O–H groups in total. The van der Waals surface area contributed by atoms with Crippen molar-refractivity contribution in [1.29, 1.82) is 0 Å². The van der Waals surface area contributed by atoms with Crippen LogP contribution in [0.25, 0.3) is 10.6 Å². The smallest absolute Gasteiger partial charge is 0.277 e. The molecule has 0 spiro atoms. The van der Waals surface area contributed by atoms with Crippen LogP contribution in [0.1, 0.15) is 10.5 Å². The molecule has 0 aliphatic rings. The van der Waals surface area contributed by atoms with Gasteiger partial charge in [-0.25, -0.2) is 0 Å². The maximum atomic E-state index is 12.1. The van der Waals surface area contributed by atoms with Crippen molar-refractivity contribution in [3.8, 4) is 10.6 Å². The molecule has 0 aliphatic carbocycles. The largest absolute Gasteiger partial charge is 0.355 e. The number of benzene rings is 1. The van der Waals surface area contributed by atoms with Crippen LogP contribution in [0.15, 0.2) is 46.3 Å². The minimum Gasteiger partial charge on any atom is -0.355 e. The zero-order valence-corrected chi connectivity index (χ0v) is 12.9. The number of nitro groups is 1. The lowest BCUT2D eigenvalue weighted by Gasteiger charge is -2.04. The number of carbonyl (C=O) groups is 1. The molecule has 0 aliphatic heterocycles. The summed E-state index contributed by atoms with van der Waals surface area (Å²) >= 11 is 7.39. The summed E-state index contributed by atoms with van der Waals surface area (Å²) in [5.41, 5.74) is 0.181. The lowest BCUT2D eigenvalue weighted by Crippen LogP contribution is -2.12. The molecule has 0 fully saturated rings. The second kappa shape index (κ2) is 6.19. The number of hydrogen-bond donors (Lipinski definition) is 1. The highest BCUT2D eigenvalue weighted by atomic mass is 35.5. The quantitative estimate of drug-likeness (QED) is 0.561. The zero-order chi connectivity index (χ0) is 16.4. The van der Waals surface area contributed by atoms with Gasteiger partial charge in [-0.15, -0.1) is 11.3 Å². The van der Waals surface area contributed by atoms with Crippen LogP contribution in [0.5, 0.6) is 0 Å². The Hall–Kier alpha value is -2.71. The van der Waals surface area contributed by atoms with Crippen molar-refractivity contribution >= 4 is 40.2 Å². The lowest BCUT2D eigenvalue weighted by atomic mass is 10.2. The van der Waals surface area contributed by atoms with Gasteiger partial charge in [0.25, 0.3) is 11.6 Å². The molecule has 1 amide bonds. The average molecular weight is 350 g/mol. The van der Waals surface area contributed by atoms with Gasteiger partial charge in [-0.2, -0.15) is 0 Å². The van der Waals surface area contributed by atoms with E-state index in [9.17, 15) is 14.9 Å². The molecule has 0 radical (unpaired) electrons. The van der Waals surface area contributed by atoms with Crippen molar-refractivity contribution in [1.82, 2.24) is 5.16 Å². The van der Waals surface area contributed by atoms with E-state index in [1.807, 2.05) is 17.5 Å². The minimum atomic E-state index is -0.567. The third-order valence-electron chi connectivity index (χ3n) is 2.92. The van der Waals surface area contributed by atoms with Gasteiger partial charge in [0, 0.05) is 18.2 Å². The highest BCUT2D eigenvalue weighted by Gasteiger charge is 2.17. The Morgan fingerprint density at radius 2 is 2.17 bits per heavy atom. The fraction of sp³-hybridized carbons (Fsp3) is 0. The van der Waals surface area contributed by atoms with Gasteiger partial charge in [-0.05, 0) is 17.5 Å². The van der Waals surface area contributed by atoms with E-state index in [-0.39, 0.29) is 22.1 Å². The van der Waals surface area contributed by atoms with Gasteiger partial charge in [0.15, 0.2) is 11.5 Å². The van der Waals surface area contributed by atoms with Crippen molar-refractivity contribution in [2.24, 2.45) is 0 Å². The lowest BCUT2D eigenvalue weighted by molar-refractivity contribution is -0.384. The highest BCUT2D eigenvalue weighted by Crippen LogP contribution is 2.28. The maximum absolute atomic E-state index is 12.1. The second-order valence-corrected chi connectivity index (χ2v) is 5.78. The van der Waals surface area contributed by atoms with Crippen molar-refractivity contribution in [2.75, 3.05) is 5.32 Å². The Morgan fingerprint density at radius 1 is 1.35 bits per heavy atom. The Kier molecular flexibility index (Phi) is 4.09. The number of nitrogens with one attached hydrogen (secondary N) is 1. The summed E-state index contributed by atoms with van der Waals surface area (Å²) in [5, 5.41) is 18.9. The highest BCUT2D eigenvalue weighted by molar-refractivity contribution is 7.13. The van der Waals surface area contributed by atoms with E-state index in [4.69, 9.17) is 16.1 Å². The zero-order valence-electron chi connectivity index (χ0n) is 11.4. The topological polar surface area (TPSA) is 98.3 Å². The monoisotopic (exact) mass is 349 g/mol. The van der Waals surface area contributed by atoms with Crippen LogP contribution >= 0.6 is 22.9 Å². The van der Waals surface area contributed by atoms with E-state index in [1.165, 1.54) is 29.5 Å². The molecule has 0 saturated carbocycles. The number of nitrogens with zero attached hydrogens (tertiary/aromatic N) is 2. The number of halogens is 1. The third kappa shape index (κ3) is 3.22. The summed E-state index contributed by atoms with van der Waals surface area (Å²) in [7, 11) is 0. The first kappa shape index (κ1) is 15.2. The molecule has 0 saturated heterocycles. The number of thiophene rings is 1. The first-order chi connectivity index (χ1) is 11.0. The van der Waals surface area contributed by atoms with Crippen molar-refractivity contribution < 1.29 is 14.2 Å². The third-order valence-corrected chi connectivity index (χ3v) is 4.12. The summed E-state index contributed by atoms with van der Waals surface area (Å²) in [5.74, 6) is -0.0349. The van der Waals surface area contributed by atoms with Crippen molar-refractivity contribution in [3.05, 3.63) is 62.6 Å². The minimum absolute atomic E-state index is 0.0644. The number of carbonyl (C=O) groups excluding carboxylic acids is 1. The number of non-ortho nitro benzene ring substituents is 1. The fourth-order valence-corrected chi connectivity index (χ4v) is 2.72. The number of amides is 1. The molecule has 116 valence electrons. The van der Waals surface area contributed by atoms with E-state index in [0.717, 1.165) is 10.9 Å². The van der Waals surface area contributed by atoms with E-state index >= 15 is 0 Å². The fourth-order valence-electron chi connectivity index (χ4n) is 1.82. The van der Waals surface area contributed by atoms with Crippen LogP contribution in [0.3, 0.4) is 0 Å². The molecule has 2 heterocycles. The van der Waals surface area contributed by atoms with Crippen molar-refractivity contribution in [3.63, 3.8) is 0 Å².